The van der Waals surface area contributed by atoms with E-state index in [9.17, 15) is 5.11 Å². The first kappa shape index (κ1) is 20.2. The number of alkyl halides is 1. The van der Waals surface area contributed by atoms with Crippen LogP contribution in [0.3, 0.4) is 0 Å². The van der Waals surface area contributed by atoms with Crippen molar-refractivity contribution >= 4 is 15.9 Å². The quantitative estimate of drug-likeness (QED) is 0.493. The lowest BCUT2D eigenvalue weighted by Gasteiger charge is -2.61. The Kier molecular flexibility index (Phi) is 6.31. The fourth-order valence-electron chi connectivity index (χ4n) is 7.95. The van der Waals surface area contributed by atoms with Crippen LogP contribution in [0, 0.1) is 40.4 Å². The van der Waals surface area contributed by atoms with E-state index in [-0.39, 0.29) is 6.10 Å². The highest BCUT2D eigenvalue weighted by molar-refractivity contribution is 9.09. The van der Waals surface area contributed by atoms with Gasteiger partial charge in [-0.05, 0) is 105 Å². The summed E-state index contributed by atoms with van der Waals surface area (Å²) in [5, 5.41) is 11.3. The molecule has 0 radical (unpaired) electrons. The fraction of sp³-hybridized carbons (Fsp3) is 1.00. The Balaban J connectivity index is 0.000000880. The minimum absolute atomic E-state index is 0.00623. The van der Waals surface area contributed by atoms with Crippen molar-refractivity contribution in [3.63, 3.8) is 0 Å². The van der Waals surface area contributed by atoms with Gasteiger partial charge in [-0.2, -0.15) is 0 Å². The van der Waals surface area contributed by atoms with Crippen molar-refractivity contribution in [3.8, 4) is 0 Å². The summed E-state index contributed by atoms with van der Waals surface area (Å²) in [6.07, 6.45) is 13.6. The molecule has 0 aromatic carbocycles. The Hall–Kier alpha value is 0.440. The van der Waals surface area contributed by atoms with E-state index in [1.807, 2.05) is 13.8 Å². The normalized spacial score (nSPS) is 51.6. The third-order valence-electron chi connectivity index (χ3n) is 9.29. The molecule has 8 atom stereocenters. The molecule has 1 N–H and O–H groups in total. The van der Waals surface area contributed by atoms with E-state index >= 15 is 0 Å². The average Bonchev–Trinajstić information content (AvgIpc) is 2.94. The van der Waals surface area contributed by atoms with Gasteiger partial charge in [-0.1, -0.05) is 43.6 Å². The van der Waals surface area contributed by atoms with Crippen LogP contribution < -0.4 is 0 Å². The summed E-state index contributed by atoms with van der Waals surface area (Å²) in [6, 6.07) is 0. The maximum atomic E-state index is 10.1. The molecular weight excluding hydrogens is 372 g/mol. The van der Waals surface area contributed by atoms with Gasteiger partial charge in [-0.15, -0.1) is 0 Å². The molecule has 0 saturated heterocycles. The second kappa shape index (κ2) is 7.82. The van der Waals surface area contributed by atoms with E-state index in [0.29, 0.717) is 10.8 Å². The number of hydrogen-bond acceptors (Lipinski definition) is 1. The van der Waals surface area contributed by atoms with Crippen molar-refractivity contribution < 1.29 is 5.11 Å². The van der Waals surface area contributed by atoms with E-state index in [0.717, 1.165) is 42.4 Å². The Morgan fingerprint density at radius 1 is 0.880 bits per heavy atom. The van der Waals surface area contributed by atoms with Crippen molar-refractivity contribution in [3.05, 3.63) is 0 Å². The SMILES string of the molecule is CC.CC12CCC3C(CCC4C[C@H](O)CCC43C)C1CCC2CCBr. The molecule has 4 rings (SSSR count). The van der Waals surface area contributed by atoms with Crippen LogP contribution in [0.2, 0.25) is 0 Å². The van der Waals surface area contributed by atoms with Crippen molar-refractivity contribution in [2.75, 3.05) is 5.33 Å². The average molecular weight is 413 g/mol. The molecular formula is C23H41BrO. The summed E-state index contributed by atoms with van der Waals surface area (Å²) in [5.74, 6) is 4.71. The van der Waals surface area contributed by atoms with Gasteiger partial charge < -0.3 is 5.11 Å². The predicted molar refractivity (Wildman–Crippen MR) is 111 cm³/mol. The van der Waals surface area contributed by atoms with E-state index < -0.39 is 0 Å². The second-order valence-corrected chi connectivity index (χ2v) is 10.7. The van der Waals surface area contributed by atoms with Crippen LogP contribution in [0.15, 0.2) is 0 Å². The van der Waals surface area contributed by atoms with Crippen LogP contribution in [-0.2, 0) is 0 Å². The zero-order valence-corrected chi connectivity index (χ0v) is 18.7. The number of aliphatic hydroxyl groups is 1. The molecule has 0 bridgehead atoms. The summed E-state index contributed by atoms with van der Waals surface area (Å²) in [6.45, 7) is 9.25. The zero-order valence-electron chi connectivity index (χ0n) is 17.1. The molecule has 4 aliphatic rings. The maximum Gasteiger partial charge on any atom is 0.0543 e. The largest absolute Gasteiger partial charge is 0.393 e. The van der Waals surface area contributed by atoms with Crippen LogP contribution in [0.1, 0.15) is 91.9 Å². The number of hydrogen-bond donors (Lipinski definition) is 1. The van der Waals surface area contributed by atoms with Gasteiger partial charge in [-0.25, -0.2) is 0 Å². The molecule has 1 nitrogen and oxygen atoms in total. The fourth-order valence-corrected chi connectivity index (χ4v) is 8.50. The molecule has 4 fully saturated rings. The minimum Gasteiger partial charge on any atom is -0.393 e. The van der Waals surface area contributed by atoms with Crippen LogP contribution in [0.5, 0.6) is 0 Å². The monoisotopic (exact) mass is 412 g/mol. The molecule has 0 spiro atoms. The Morgan fingerprint density at radius 3 is 2.28 bits per heavy atom. The molecule has 0 heterocycles. The first-order valence-electron chi connectivity index (χ1n) is 11.2. The molecule has 0 aromatic rings. The smallest absolute Gasteiger partial charge is 0.0543 e. The summed E-state index contributed by atoms with van der Waals surface area (Å²) in [5.41, 5.74) is 1.17. The van der Waals surface area contributed by atoms with Gasteiger partial charge in [0.15, 0.2) is 0 Å². The van der Waals surface area contributed by atoms with Gasteiger partial charge in [-0.3, -0.25) is 0 Å². The molecule has 7 unspecified atom stereocenters. The Bertz CT molecular complexity index is 451. The van der Waals surface area contributed by atoms with Gasteiger partial charge in [0.25, 0.3) is 0 Å². The first-order chi connectivity index (χ1) is 12.0. The molecule has 4 aliphatic carbocycles. The second-order valence-electron chi connectivity index (χ2n) is 9.88. The van der Waals surface area contributed by atoms with Crippen molar-refractivity contribution in [2.45, 2.75) is 98.0 Å². The van der Waals surface area contributed by atoms with Gasteiger partial charge in [0.2, 0.25) is 0 Å². The van der Waals surface area contributed by atoms with E-state index in [2.05, 4.69) is 29.8 Å². The molecule has 0 aromatic heterocycles. The molecule has 146 valence electrons. The van der Waals surface area contributed by atoms with E-state index in [1.165, 1.54) is 56.7 Å². The summed E-state index contributed by atoms with van der Waals surface area (Å²) in [7, 11) is 0. The Labute approximate surface area is 164 Å². The zero-order chi connectivity index (χ0) is 18.2. The van der Waals surface area contributed by atoms with E-state index in [1.54, 1.807) is 0 Å². The number of rotatable bonds is 2. The van der Waals surface area contributed by atoms with Crippen molar-refractivity contribution in [2.24, 2.45) is 40.4 Å². The van der Waals surface area contributed by atoms with E-state index in [4.69, 9.17) is 0 Å². The lowest BCUT2D eigenvalue weighted by atomic mass is 9.44. The first-order valence-corrected chi connectivity index (χ1v) is 12.3. The van der Waals surface area contributed by atoms with Gasteiger partial charge in [0.05, 0.1) is 6.10 Å². The van der Waals surface area contributed by atoms with Crippen LogP contribution in [0.25, 0.3) is 0 Å². The minimum atomic E-state index is -0.00623. The highest BCUT2D eigenvalue weighted by Gasteiger charge is 2.59. The topological polar surface area (TPSA) is 20.2 Å². The summed E-state index contributed by atoms with van der Waals surface area (Å²) >= 11 is 3.71. The number of aliphatic hydroxyl groups excluding tert-OH is 1. The number of fused-ring (bicyclic) bond motifs is 5. The third-order valence-corrected chi connectivity index (χ3v) is 9.75. The van der Waals surface area contributed by atoms with Gasteiger partial charge in [0, 0.05) is 5.33 Å². The molecule has 2 heteroatoms. The van der Waals surface area contributed by atoms with Crippen molar-refractivity contribution in [1.29, 1.82) is 0 Å². The van der Waals surface area contributed by atoms with Crippen molar-refractivity contribution in [1.82, 2.24) is 0 Å². The molecule has 25 heavy (non-hydrogen) atoms. The summed E-state index contributed by atoms with van der Waals surface area (Å²) < 4.78 is 0. The third kappa shape index (κ3) is 3.26. The predicted octanol–water partition coefficient (Wildman–Crippen LogP) is 6.82. The van der Waals surface area contributed by atoms with Gasteiger partial charge in [0.1, 0.15) is 0 Å². The standard InChI is InChI=1S/C21H35BrO.C2H6/c1-20-11-8-19-17(18(20)6-4-14(20)9-12-22)5-3-15-13-16(23)7-10-21(15,19)2;1-2/h14-19,23H,3-13H2,1-2H3;1-2H3/t14?,15?,16-,17?,18?,19?,20?,21?;/m1./s1. The highest BCUT2D eigenvalue weighted by atomic mass is 79.9. The van der Waals surface area contributed by atoms with Crippen LogP contribution >= 0.6 is 15.9 Å². The van der Waals surface area contributed by atoms with Crippen LogP contribution in [0.4, 0.5) is 0 Å². The number of halogens is 1. The maximum absolute atomic E-state index is 10.1. The van der Waals surface area contributed by atoms with Gasteiger partial charge >= 0.3 is 0 Å². The molecule has 0 aliphatic heterocycles. The Morgan fingerprint density at radius 2 is 1.56 bits per heavy atom. The molecule has 4 saturated carbocycles. The molecule has 0 amide bonds. The summed E-state index contributed by atoms with van der Waals surface area (Å²) in [4.78, 5) is 0. The van der Waals surface area contributed by atoms with Crippen LogP contribution in [-0.4, -0.2) is 16.5 Å². The lowest BCUT2D eigenvalue weighted by Crippen LogP contribution is -2.53. The lowest BCUT2D eigenvalue weighted by molar-refractivity contribution is -0.126. The highest BCUT2D eigenvalue weighted by Crippen LogP contribution is 2.67.